The first-order valence-corrected chi connectivity index (χ1v) is 10.3. The summed E-state index contributed by atoms with van der Waals surface area (Å²) < 4.78 is 0. The zero-order chi connectivity index (χ0) is 18.0. The molecule has 1 saturated carbocycles. The SMILES string of the molecule is CC(C)N(CC(=O)Nc1sc2c(c1C(N)=O)CCCC2)C1CCCC1. The summed E-state index contributed by atoms with van der Waals surface area (Å²) in [6, 6.07) is 0.832. The Labute approximate surface area is 154 Å². The summed E-state index contributed by atoms with van der Waals surface area (Å²) in [5.41, 5.74) is 7.23. The lowest BCUT2D eigenvalue weighted by molar-refractivity contribution is -0.118. The Morgan fingerprint density at radius 3 is 2.52 bits per heavy atom. The van der Waals surface area contributed by atoms with Crippen molar-refractivity contribution in [3.8, 4) is 0 Å². The fraction of sp³-hybridized carbons (Fsp3) is 0.684. The maximum absolute atomic E-state index is 12.7. The van der Waals surface area contributed by atoms with Gasteiger partial charge in [-0.25, -0.2) is 0 Å². The molecular formula is C19H29N3O2S. The molecule has 2 aliphatic carbocycles. The van der Waals surface area contributed by atoms with Crippen molar-refractivity contribution >= 4 is 28.2 Å². The number of rotatable bonds is 6. The van der Waals surface area contributed by atoms with Gasteiger partial charge in [-0.05, 0) is 57.9 Å². The zero-order valence-corrected chi connectivity index (χ0v) is 16.1. The second-order valence-electron chi connectivity index (χ2n) is 7.53. The van der Waals surface area contributed by atoms with E-state index in [1.165, 1.54) is 41.9 Å². The number of carbonyl (C=O) groups is 2. The van der Waals surface area contributed by atoms with Crippen LogP contribution in [-0.4, -0.2) is 35.3 Å². The van der Waals surface area contributed by atoms with Crippen LogP contribution in [0.1, 0.15) is 73.2 Å². The Hall–Kier alpha value is -1.40. The first-order chi connectivity index (χ1) is 12.0. The fourth-order valence-corrected chi connectivity index (χ4v) is 5.53. The molecule has 6 heteroatoms. The van der Waals surface area contributed by atoms with Crippen LogP contribution in [0.3, 0.4) is 0 Å². The third-order valence-corrected chi connectivity index (χ3v) is 6.66. The monoisotopic (exact) mass is 363 g/mol. The third-order valence-electron chi connectivity index (χ3n) is 5.45. The van der Waals surface area contributed by atoms with Gasteiger partial charge in [-0.3, -0.25) is 14.5 Å². The molecule has 0 radical (unpaired) electrons. The van der Waals surface area contributed by atoms with Gasteiger partial charge in [-0.15, -0.1) is 11.3 Å². The molecule has 2 amide bonds. The fourth-order valence-electron chi connectivity index (χ4n) is 4.22. The second kappa shape index (κ2) is 7.87. The largest absolute Gasteiger partial charge is 0.365 e. The number of hydrogen-bond donors (Lipinski definition) is 2. The molecule has 0 spiro atoms. The summed E-state index contributed by atoms with van der Waals surface area (Å²) in [7, 11) is 0. The van der Waals surface area contributed by atoms with Crippen LogP contribution in [0.15, 0.2) is 0 Å². The van der Waals surface area contributed by atoms with E-state index >= 15 is 0 Å². The van der Waals surface area contributed by atoms with Gasteiger partial charge in [0.1, 0.15) is 5.00 Å². The number of anilines is 1. The molecule has 138 valence electrons. The summed E-state index contributed by atoms with van der Waals surface area (Å²) >= 11 is 1.54. The molecule has 2 aliphatic rings. The van der Waals surface area contributed by atoms with Crippen molar-refractivity contribution in [2.75, 3.05) is 11.9 Å². The number of nitrogens with two attached hydrogens (primary N) is 1. The van der Waals surface area contributed by atoms with Gasteiger partial charge in [-0.2, -0.15) is 0 Å². The molecule has 0 aromatic carbocycles. The maximum atomic E-state index is 12.7. The van der Waals surface area contributed by atoms with E-state index in [1.807, 2.05) is 0 Å². The van der Waals surface area contributed by atoms with Crippen LogP contribution in [-0.2, 0) is 17.6 Å². The minimum Gasteiger partial charge on any atom is -0.365 e. The molecule has 1 aromatic heterocycles. The molecule has 0 saturated heterocycles. The van der Waals surface area contributed by atoms with Gasteiger partial charge in [0.15, 0.2) is 0 Å². The number of nitrogens with one attached hydrogen (secondary N) is 1. The summed E-state index contributed by atoms with van der Waals surface area (Å²) in [6.07, 6.45) is 8.94. The number of hydrogen-bond acceptors (Lipinski definition) is 4. The molecule has 1 fully saturated rings. The molecule has 3 rings (SSSR count). The lowest BCUT2D eigenvalue weighted by Gasteiger charge is -2.31. The van der Waals surface area contributed by atoms with Crippen molar-refractivity contribution in [3.05, 3.63) is 16.0 Å². The molecule has 3 N–H and O–H groups in total. The first kappa shape index (κ1) is 18.4. The summed E-state index contributed by atoms with van der Waals surface area (Å²) in [5, 5.41) is 3.65. The van der Waals surface area contributed by atoms with Crippen LogP contribution < -0.4 is 11.1 Å². The lowest BCUT2D eigenvalue weighted by atomic mass is 9.95. The molecular weight excluding hydrogens is 334 g/mol. The van der Waals surface area contributed by atoms with Gasteiger partial charge < -0.3 is 11.1 Å². The van der Waals surface area contributed by atoms with Gasteiger partial charge >= 0.3 is 0 Å². The summed E-state index contributed by atoms with van der Waals surface area (Å²) in [5.74, 6) is -0.465. The predicted molar refractivity (Wildman–Crippen MR) is 102 cm³/mol. The Kier molecular flexibility index (Phi) is 5.79. The van der Waals surface area contributed by atoms with E-state index in [2.05, 4.69) is 24.1 Å². The smallest absolute Gasteiger partial charge is 0.251 e. The normalized spacial score (nSPS) is 17.9. The Morgan fingerprint density at radius 2 is 1.88 bits per heavy atom. The predicted octanol–water partition coefficient (Wildman–Crippen LogP) is 3.32. The summed E-state index contributed by atoms with van der Waals surface area (Å²) in [4.78, 5) is 28.1. The Bertz CT molecular complexity index is 647. The van der Waals surface area contributed by atoms with E-state index in [9.17, 15) is 9.59 Å². The average Bonchev–Trinajstić information content (AvgIpc) is 3.19. The summed E-state index contributed by atoms with van der Waals surface area (Å²) in [6.45, 7) is 4.66. The van der Waals surface area contributed by atoms with E-state index in [0.717, 1.165) is 31.2 Å². The quantitative estimate of drug-likeness (QED) is 0.814. The second-order valence-corrected chi connectivity index (χ2v) is 8.64. The van der Waals surface area contributed by atoms with Crippen LogP contribution in [0, 0.1) is 0 Å². The number of amides is 2. The van der Waals surface area contributed by atoms with Gasteiger partial charge in [-0.1, -0.05) is 12.8 Å². The average molecular weight is 364 g/mol. The van der Waals surface area contributed by atoms with Crippen LogP contribution in [0.4, 0.5) is 5.00 Å². The molecule has 1 heterocycles. The van der Waals surface area contributed by atoms with Gasteiger partial charge in [0.2, 0.25) is 5.91 Å². The topological polar surface area (TPSA) is 75.4 Å². The molecule has 1 aromatic rings. The van der Waals surface area contributed by atoms with Crippen molar-refractivity contribution < 1.29 is 9.59 Å². The maximum Gasteiger partial charge on any atom is 0.251 e. The van der Waals surface area contributed by atoms with E-state index in [1.54, 1.807) is 0 Å². The van der Waals surface area contributed by atoms with E-state index < -0.39 is 5.91 Å². The third kappa shape index (κ3) is 4.06. The standard InChI is InChI=1S/C19H29N3O2S/c1-12(2)22(13-7-3-4-8-13)11-16(23)21-19-17(18(20)24)14-9-5-6-10-15(14)25-19/h12-13H,3-11H2,1-2H3,(H2,20,24)(H,21,23). The van der Waals surface area contributed by atoms with Crippen molar-refractivity contribution in [2.24, 2.45) is 5.73 Å². The first-order valence-electron chi connectivity index (χ1n) is 9.47. The molecule has 25 heavy (non-hydrogen) atoms. The molecule has 0 atom stereocenters. The number of primary amides is 1. The van der Waals surface area contributed by atoms with Crippen molar-refractivity contribution in [1.82, 2.24) is 4.90 Å². The van der Waals surface area contributed by atoms with Crippen LogP contribution >= 0.6 is 11.3 Å². The Morgan fingerprint density at radius 1 is 1.20 bits per heavy atom. The highest BCUT2D eigenvalue weighted by Crippen LogP contribution is 2.38. The van der Waals surface area contributed by atoms with Crippen LogP contribution in [0.25, 0.3) is 0 Å². The molecule has 0 aliphatic heterocycles. The van der Waals surface area contributed by atoms with Crippen LogP contribution in [0.2, 0.25) is 0 Å². The van der Waals surface area contributed by atoms with Gasteiger partial charge in [0, 0.05) is 17.0 Å². The minimum absolute atomic E-state index is 0.0401. The van der Waals surface area contributed by atoms with Gasteiger partial charge in [0.25, 0.3) is 5.91 Å². The minimum atomic E-state index is -0.425. The molecule has 0 bridgehead atoms. The lowest BCUT2D eigenvalue weighted by Crippen LogP contribution is -2.43. The number of thiophene rings is 1. The number of aryl methyl sites for hydroxylation is 1. The molecule has 5 nitrogen and oxygen atoms in total. The highest BCUT2D eigenvalue weighted by Gasteiger charge is 2.28. The number of nitrogens with zero attached hydrogens (tertiary/aromatic N) is 1. The Balaban J connectivity index is 1.74. The van der Waals surface area contributed by atoms with E-state index in [0.29, 0.717) is 29.2 Å². The van der Waals surface area contributed by atoms with Crippen molar-refractivity contribution in [2.45, 2.75) is 77.3 Å². The number of carbonyl (C=O) groups excluding carboxylic acids is 2. The van der Waals surface area contributed by atoms with E-state index in [-0.39, 0.29) is 5.91 Å². The number of fused-ring (bicyclic) bond motifs is 1. The highest BCUT2D eigenvalue weighted by molar-refractivity contribution is 7.17. The van der Waals surface area contributed by atoms with Crippen LogP contribution in [0.5, 0.6) is 0 Å². The molecule has 0 unspecified atom stereocenters. The van der Waals surface area contributed by atoms with E-state index in [4.69, 9.17) is 5.73 Å². The highest BCUT2D eigenvalue weighted by atomic mass is 32.1. The van der Waals surface area contributed by atoms with Crippen molar-refractivity contribution in [3.63, 3.8) is 0 Å². The zero-order valence-electron chi connectivity index (χ0n) is 15.3. The van der Waals surface area contributed by atoms with Gasteiger partial charge in [0.05, 0.1) is 12.1 Å². The van der Waals surface area contributed by atoms with Crippen molar-refractivity contribution in [1.29, 1.82) is 0 Å².